The molecule has 0 atom stereocenters. The molecule has 1 saturated carbocycles. The number of hydrogen-bond acceptors (Lipinski definition) is 3. The number of aliphatic carboxylic acids is 1. The Hall–Kier alpha value is -1.10. The third-order valence-corrected chi connectivity index (χ3v) is 2.86. The van der Waals surface area contributed by atoms with Gasteiger partial charge in [-0.2, -0.15) is 0 Å². The monoisotopic (exact) mass is 242 g/mol. The average Bonchev–Trinajstić information content (AvgIpc) is 2.97. The van der Waals surface area contributed by atoms with Crippen LogP contribution in [0.2, 0.25) is 0 Å². The largest absolute Gasteiger partial charge is 0.481 e. The predicted molar refractivity (Wildman–Crippen MR) is 64.5 cm³/mol. The summed E-state index contributed by atoms with van der Waals surface area (Å²) < 4.78 is 0. The molecular weight excluding hydrogens is 220 g/mol. The minimum absolute atomic E-state index is 0.0221. The molecule has 0 spiro atoms. The van der Waals surface area contributed by atoms with Crippen LogP contribution < -0.4 is 5.73 Å². The highest BCUT2D eigenvalue weighted by molar-refractivity contribution is 5.77. The van der Waals surface area contributed by atoms with Gasteiger partial charge in [0.15, 0.2) is 0 Å². The number of carboxylic acids is 1. The molecule has 5 nitrogen and oxygen atoms in total. The highest BCUT2D eigenvalue weighted by atomic mass is 16.4. The second-order valence-corrected chi connectivity index (χ2v) is 5.45. The van der Waals surface area contributed by atoms with Crippen LogP contribution >= 0.6 is 0 Å². The van der Waals surface area contributed by atoms with Crippen molar-refractivity contribution in [3.8, 4) is 0 Å². The van der Waals surface area contributed by atoms with Crippen molar-refractivity contribution in [3.63, 3.8) is 0 Å². The molecule has 98 valence electrons. The minimum atomic E-state index is -0.859. The van der Waals surface area contributed by atoms with E-state index in [0.717, 1.165) is 12.8 Å². The van der Waals surface area contributed by atoms with E-state index < -0.39 is 5.97 Å². The van der Waals surface area contributed by atoms with Gasteiger partial charge in [-0.25, -0.2) is 0 Å². The zero-order chi connectivity index (χ0) is 13.1. The molecular formula is C12H22N2O3. The Balaban J connectivity index is 2.41. The molecule has 17 heavy (non-hydrogen) atoms. The third-order valence-electron chi connectivity index (χ3n) is 2.86. The van der Waals surface area contributed by atoms with Crippen LogP contribution in [0.3, 0.4) is 0 Å². The van der Waals surface area contributed by atoms with Crippen molar-refractivity contribution in [3.05, 3.63) is 0 Å². The second kappa shape index (κ2) is 5.49. The summed E-state index contributed by atoms with van der Waals surface area (Å²) in [4.78, 5) is 24.2. The van der Waals surface area contributed by atoms with Gasteiger partial charge in [-0.3, -0.25) is 9.59 Å². The van der Waals surface area contributed by atoms with E-state index in [-0.39, 0.29) is 23.9 Å². The van der Waals surface area contributed by atoms with Crippen molar-refractivity contribution < 1.29 is 14.7 Å². The van der Waals surface area contributed by atoms with Crippen LogP contribution in [-0.4, -0.2) is 40.0 Å². The number of carbonyl (C=O) groups is 2. The Labute approximate surface area is 102 Å². The third kappa shape index (κ3) is 5.68. The Kier molecular flexibility index (Phi) is 4.51. The summed E-state index contributed by atoms with van der Waals surface area (Å²) in [5.74, 6) is -0.824. The summed E-state index contributed by atoms with van der Waals surface area (Å²) in [5.41, 5.74) is 5.48. The summed E-state index contributed by atoms with van der Waals surface area (Å²) in [5, 5.41) is 8.65. The van der Waals surface area contributed by atoms with E-state index in [1.807, 2.05) is 13.8 Å². The number of hydrogen-bond donors (Lipinski definition) is 2. The Morgan fingerprint density at radius 2 is 1.94 bits per heavy atom. The SMILES string of the molecule is CC(C)(N)CCC(=O)N(CCC(=O)O)C1CC1. The first-order valence-electron chi connectivity index (χ1n) is 6.10. The van der Waals surface area contributed by atoms with Crippen LogP contribution in [0, 0.1) is 0 Å². The van der Waals surface area contributed by atoms with E-state index in [2.05, 4.69) is 0 Å². The topological polar surface area (TPSA) is 83.6 Å². The lowest BCUT2D eigenvalue weighted by atomic mass is 9.99. The van der Waals surface area contributed by atoms with Gasteiger partial charge in [0, 0.05) is 24.5 Å². The maximum Gasteiger partial charge on any atom is 0.305 e. The summed E-state index contributed by atoms with van der Waals surface area (Å²) in [6.07, 6.45) is 3.05. The van der Waals surface area contributed by atoms with Crippen LogP contribution in [0.5, 0.6) is 0 Å². The number of carboxylic acid groups (broad SMARTS) is 1. The van der Waals surface area contributed by atoms with E-state index in [9.17, 15) is 9.59 Å². The standard InChI is InChI=1S/C12H22N2O3/c1-12(2,13)7-5-10(15)14(9-3-4-9)8-6-11(16)17/h9H,3-8,13H2,1-2H3,(H,16,17). The van der Waals surface area contributed by atoms with Gasteiger partial charge in [-0.15, -0.1) is 0 Å². The van der Waals surface area contributed by atoms with Gasteiger partial charge in [0.2, 0.25) is 5.91 Å². The molecule has 0 aromatic carbocycles. The normalized spacial score (nSPS) is 15.7. The van der Waals surface area contributed by atoms with Gasteiger partial charge in [-0.1, -0.05) is 0 Å². The maximum atomic E-state index is 12.0. The molecule has 1 aliphatic rings. The van der Waals surface area contributed by atoms with E-state index in [0.29, 0.717) is 19.4 Å². The highest BCUT2D eigenvalue weighted by Crippen LogP contribution is 2.28. The Morgan fingerprint density at radius 1 is 1.35 bits per heavy atom. The van der Waals surface area contributed by atoms with Gasteiger partial charge in [-0.05, 0) is 33.1 Å². The molecule has 0 heterocycles. The number of carbonyl (C=O) groups excluding carboxylic acids is 1. The zero-order valence-electron chi connectivity index (χ0n) is 10.6. The fraction of sp³-hybridized carbons (Fsp3) is 0.833. The Bertz CT molecular complexity index is 293. The van der Waals surface area contributed by atoms with Crippen LogP contribution in [0.25, 0.3) is 0 Å². The van der Waals surface area contributed by atoms with Gasteiger partial charge < -0.3 is 15.7 Å². The summed E-state index contributed by atoms with van der Waals surface area (Å²) in [6, 6.07) is 0.266. The predicted octanol–water partition coefficient (Wildman–Crippen LogP) is 0.970. The first-order chi connectivity index (χ1) is 7.79. The van der Waals surface area contributed by atoms with E-state index >= 15 is 0 Å². The zero-order valence-corrected chi connectivity index (χ0v) is 10.6. The lowest BCUT2D eigenvalue weighted by molar-refractivity contribution is -0.138. The average molecular weight is 242 g/mol. The molecule has 0 aromatic heterocycles. The van der Waals surface area contributed by atoms with Gasteiger partial charge in [0.25, 0.3) is 0 Å². The summed E-state index contributed by atoms with van der Waals surface area (Å²) >= 11 is 0. The number of nitrogens with zero attached hydrogens (tertiary/aromatic N) is 1. The smallest absolute Gasteiger partial charge is 0.305 e. The fourth-order valence-corrected chi connectivity index (χ4v) is 1.69. The molecule has 0 unspecified atom stereocenters. The molecule has 1 rings (SSSR count). The lowest BCUT2D eigenvalue weighted by Gasteiger charge is -2.24. The molecule has 0 bridgehead atoms. The lowest BCUT2D eigenvalue weighted by Crippen LogP contribution is -2.38. The molecule has 1 amide bonds. The first kappa shape index (κ1) is 14.0. The Morgan fingerprint density at radius 3 is 2.35 bits per heavy atom. The van der Waals surface area contributed by atoms with Crippen molar-refractivity contribution >= 4 is 11.9 Å². The number of rotatable bonds is 7. The van der Waals surface area contributed by atoms with Crippen molar-refractivity contribution in [2.24, 2.45) is 5.73 Å². The maximum absolute atomic E-state index is 12.0. The van der Waals surface area contributed by atoms with Crippen LogP contribution in [0.15, 0.2) is 0 Å². The first-order valence-corrected chi connectivity index (χ1v) is 6.10. The van der Waals surface area contributed by atoms with Crippen molar-refractivity contribution in [2.75, 3.05) is 6.54 Å². The van der Waals surface area contributed by atoms with E-state index in [4.69, 9.17) is 10.8 Å². The molecule has 0 aromatic rings. The van der Waals surface area contributed by atoms with E-state index in [1.165, 1.54) is 0 Å². The molecule has 5 heteroatoms. The fourth-order valence-electron chi connectivity index (χ4n) is 1.69. The second-order valence-electron chi connectivity index (χ2n) is 5.45. The van der Waals surface area contributed by atoms with Gasteiger partial charge >= 0.3 is 5.97 Å². The molecule has 1 fully saturated rings. The van der Waals surface area contributed by atoms with Crippen LogP contribution in [0.4, 0.5) is 0 Å². The van der Waals surface area contributed by atoms with Crippen LogP contribution in [0.1, 0.15) is 46.0 Å². The van der Waals surface area contributed by atoms with Crippen molar-refractivity contribution in [1.82, 2.24) is 4.90 Å². The molecule has 3 N–H and O–H groups in total. The summed E-state index contributed by atoms with van der Waals surface area (Å²) in [6.45, 7) is 4.10. The molecule has 0 radical (unpaired) electrons. The van der Waals surface area contributed by atoms with Crippen molar-refractivity contribution in [1.29, 1.82) is 0 Å². The molecule has 0 aliphatic heterocycles. The van der Waals surface area contributed by atoms with E-state index in [1.54, 1.807) is 4.90 Å². The minimum Gasteiger partial charge on any atom is -0.481 e. The summed E-state index contributed by atoms with van der Waals surface area (Å²) in [7, 11) is 0. The van der Waals surface area contributed by atoms with Crippen LogP contribution in [-0.2, 0) is 9.59 Å². The van der Waals surface area contributed by atoms with Gasteiger partial charge in [0.05, 0.1) is 6.42 Å². The number of amides is 1. The van der Waals surface area contributed by atoms with Gasteiger partial charge in [0.1, 0.15) is 0 Å². The molecule has 1 aliphatic carbocycles. The van der Waals surface area contributed by atoms with Crippen molar-refractivity contribution in [2.45, 2.75) is 57.5 Å². The number of nitrogens with two attached hydrogens (primary N) is 1. The highest BCUT2D eigenvalue weighted by Gasteiger charge is 2.32. The molecule has 0 saturated heterocycles. The quantitative estimate of drug-likeness (QED) is 0.696.